The predicted molar refractivity (Wildman–Crippen MR) is 118 cm³/mol. The van der Waals surface area contributed by atoms with E-state index < -0.39 is 0 Å². The molecule has 0 fully saturated rings. The number of rotatable bonds is 4. The molecule has 0 atom stereocenters. The van der Waals surface area contributed by atoms with Crippen LogP contribution in [0.15, 0.2) is 47.6 Å². The van der Waals surface area contributed by atoms with Crippen LogP contribution in [0.4, 0.5) is 0 Å². The summed E-state index contributed by atoms with van der Waals surface area (Å²) in [5.41, 5.74) is 6.98. The third kappa shape index (κ3) is 4.75. The SMILES string of the molecule is CN=C(NCc1cn2c(C)cccc2n1)NCc1ccc(C)cc1C.I. The Bertz CT molecular complexity index is 914. The Morgan fingerprint density at radius 3 is 2.54 bits per heavy atom. The van der Waals surface area contributed by atoms with Crippen molar-refractivity contribution in [3.05, 3.63) is 70.7 Å². The number of hydrogen-bond donors (Lipinski definition) is 2. The first-order chi connectivity index (χ1) is 12.1. The van der Waals surface area contributed by atoms with Gasteiger partial charge in [-0.3, -0.25) is 4.99 Å². The van der Waals surface area contributed by atoms with E-state index in [9.17, 15) is 0 Å². The minimum Gasteiger partial charge on any atom is -0.352 e. The van der Waals surface area contributed by atoms with E-state index in [1.165, 1.54) is 22.4 Å². The van der Waals surface area contributed by atoms with Crippen LogP contribution >= 0.6 is 24.0 Å². The number of imidazole rings is 1. The van der Waals surface area contributed by atoms with Gasteiger partial charge in [0.15, 0.2) is 5.96 Å². The highest BCUT2D eigenvalue weighted by Crippen LogP contribution is 2.10. The second-order valence-electron chi connectivity index (χ2n) is 6.34. The lowest BCUT2D eigenvalue weighted by atomic mass is 10.1. The van der Waals surface area contributed by atoms with Crippen molar-refractivity contribution in [2.75, 3.05) is 7.05 Å². The second-order valence-corrected chi connectivity index (χ2v) is 6.34. The number of guanidine groups is 1. The fourth-order valence-corrected chi connectivity index (χ4v) is 2.90. The predicted octanol–water partition coefficient (Wildman–Crippen LogP) is 3.74. The topological polar surface area (TPSA) is 53.7 Å². The molecule has 1 aromatic carbocycles. The van der Waals surface area contributed by atoms with E-state index in [1.54, 1.807) is 7.05 Å². The molecule has 2 aromatic heterocycles. The van der Waals surface area contributed by atoms with Gasteiger partial charge in [-0.05, 0) is 44.0 Å². The van der Waals surface area contributed by atoms with Crippen molar-refractivity contribution in [2.45, 2.75) is 33.9 Å². The summed E-state index contributed by atoms with van der Waals surface area (Å²) in [7, 11) is 1.78. The van der Waals surface area contributed by atoms with Crippen molar-refractivity contribution in [3.63, 3.8) is 0 Å². The Labute approximate surface area is 172 Å². The molecule has 0 saturated carbocycles. The number of aromatic nitrogens is 2. The number of nitrogens with one attached hydrogen (secondary N) is 2. The van der Waals surface area contributed by atoms with Gasteiger partial charge in [-0.2, -0.15) is 0 Å². The van der Waals surface area contributed by atoms with Crippen molar-refractivity contribution in [2.24, 2.45) is 4.99 Å². The maximum atomic E-state index is 4.64. The molecule has 26 heavy (non-hydrogen) atoms. The lowest BCUT2D eigenvalue weighted by Crippen LogP contribution is -2.36. The fourth-order valence-electron chi connectivity index (χ4n) is 2.90. The summed E-state index contributed by atoms with van der Waals surface area (Å²) in [4.78, 5) is 8.94. The zero-order valence-electron chi connectivity index (χ0n) is 15.7. The molecule has 6 heteroatoms. The van der Waals surface area contributed by atoms with Gasteiger partial charge in [0.1, 0.15) is 5.65 Å². The lowest BCUT2D eigenvalue weighted by Gasteiger charge is -2.12. The molecule has 0 unspecified atom stereocenters. The van der Waals surface area contributed by atoms with E-state index in [1.807, 2.05) is 12.1 Å². The number of aliphatic imine (C=N–C) groups is 1. The molecule has 0 amide bonds. The van der Waals surface area contributed by atoms with Crippen LogP contribution in [0, 0.1) is 20.8 Å². The highest BCUT2D eigenvalue weighted by Gasteiger charge is 2.05. The Morgan fingerprint density at radius 2 is 1.85 bits per heavy atom. The van der Waals surface area contributed by atoms with Gasteiger partial charge in [-0.1, -0.05) is 29.8 Å². The van der Waals surface area contributed by atoms with Crippen LogP contribution in [0.1, 0.15) is 28.1 Å². The van der Waals surface area contributed by atoms with Crippen molar-refractivity contribution >= 4 is 35.6 Å². The molecule has 5 nitrogen and oxygen atoms in total. The number of fused-ring (bicyclic) bond motifs is 1. The number of halogens is 1. The molecule has 0 saturated heterocycles. The summed E-state index contributed by atoms with van der Waals surface area (Å²) in [6.45, 7) is 7.71. The summed E-state index contributed by atoms with van der Waals surface area (Å²) in [6.07, 6.45) is 2.06. The fraction of sp³-hybridized carbons (Fsp3) is 0.300. The normalized spacial score (nSPS) is 11.3. The van der Waals surface area contributed by atoms with Crippen molar-refractivity contribution in [1.29, 1.82) is 0 Å². The van der Waals surface area contributed by atoms with E-state index in [2.05, 4.69) is 76.2 Å². The third-order valence-corrected chi connectivity index (χ3v) is 4.35. The van der Waals surface area contributed by atoms with E-state index >= 15 is 0 Å². The van der Waals surface area contributed by atoms with Gasteiger partial charge in [-0.15, -0.1) is 24.0 Å². The van der Waals surface area contributed by atoms with E-state index in [0.717, 1.165) is 23.8 Å². The minimum atomic E-state index is 0. The molecule has 0 aliphatic rings. The summed E-state index contributed by atoms with van der Waals surface area (Å²) >= 11 is 0. The van der Waals surface area contributed by atoms with Gasteiger partial charge < -0.3 is 15.0 Å². The van der Waals surface area contributed by atoms with Gasteiger partial charge in [0, 0.05) is 25.5 Å². The molecule has 3 aromatic rings. The summed E-state index contributed by atoms with van der Waals surface area (Å²) in [6, 6.07) is 12.6. The molecule has 0 radical (unpaired) electrons. The van der Waals surface area contributed by atoms with E-state index in [0.29, 0.717) is 6.54 Å². The van der Waals surface area contributed by atoms with Crippen molar-refractivity contribution in [1.82, 2.24) is 20.0 Å². The number of hydrogen-bond acceptors (Lipinski definition) is 2. The second kappa shape index (κ2) is 9.02. The number of benzene rings is 1. The Morgan fingerprint density at radius 1 is 1.08 bits per heavy atom. The monoisotopic (exact) mass is 463 g/mol. The number of nitrogens with zero attached hydrogens (tertiary/aromatic N) is 3. The molecule has 3 rings (SSSR count). The zero-order valence-corrected chi connectivity index (χ0v) is 18.0. The van der Waals surface area contributed by atoms with E-state index in [4.69, 9.17) is 0 Å². The van der Waals surface area contributed by atoms with Gasteiger partial charge in [0.25, 0.3) is 0 Å². The Balaban J connectivity index is 0.00000243. The molecule has 0 aliphatic heterocycles. The average molecular weight is 463 g/mol. The summed E-state index contributed by atoms with van der Waals surface area (Å²) in [5.74, 6) is 0.772. The first-order valence-electron chi connectivity index (χ1n) is 8.51. The van der Waals surface area contributed by atoms with Crippen LogP contribution in [0.25, 0.3) is 5.65 Å². The minimum absolute atomic E-state index is 0. The molecule has 2 heterocycles. The largest absolute Gasteiger partial charge is 0.352 e. The highest BCUT2D eigenvalue weighted by molar-refractivity contribution is 14.0. The highest BCUT2D eigenvalue weighted by atomic mass is 127. The zero-order chi connectivity index (χ0) is 17.8. The quantitative estimate of drug-likeness (QED) is 0.352. The summed E-state index contributed by atoms with van der Waals surface area (Å²) in [5, 5.41) is 6.70. The number of pyridine rings is 1. The van der Waals surface area contributed by atoms with Gasteiger partial charge in [0.2, 0.25) is 0 Å². The Hall–Kier alpha value is -2.09. The van der Waals surface area contributed by atoms with Crippen LogP contribution in [-0.4, -0.2) is 22.4 Å². The lowest BCUT2D eigenvalue weighted by molar-refractivity contribution is 0.795. The summed E-state index contributed by atoms with van der Waals surface area (Å²) < 4.78 is 2.10. The first-order valence-corrected chi connectivity index (χ1v) is 8.51. The maximum absolute atomic E-state index is 4.64. The smallest absolute Gasteiger partial charge is 0.191 e. The molecule has 2 N–H and O–H groups in total. The van der Waals surface area contributed by atoms with Crippen LogP contribution in [0.5, 0.6) is 0 Å². The number of aryl methyl sites for hydroxylation is 3. The van der Waals surface area contributed by atoms with Crippen LogP contribution in [-0.2, 0) is 13.1 Å². The maximum Gasteiger partial charge on any atom is 0.191 e. The van der Waals surface area contributed by atoms with Gasteiger partial charge in [0.05, 0.1) is 12.2 Å². The van der Waals surface area contributed by atoms with E-state index in [-0.39, 0.29) is 24.0 Å². The molecule has 0 bridgehead atoms. The average Bonchev–Trinajstić information content (AvgIpc) is 3.01. The van der Waals surface area contributed by atoms with Crippen molar-refractivity contribution < 1.29 is 0 Å². The van der Waals surface area contributed by atoms with Crippen molar-refractivity contribution in [3.8, 4) is 0 Å². The van der Waals surface area contributed by atoms with Crippen LogP contribution in [0.2, 0.25) is 0 Å². The first kappa shape index (κ1) is 20.2. The van der Waals surface area contributed by atoms with Crippen LogP contribution < -0.4 is 10.6 Å². The molecule has 138 valence electrons. The molecular weight excluding hydrogens is 437 g/mol. The van der Waals surface area contributed by atoms with Gasteiger partial charge in [-0.25, -0.2) is 4.98 Å². The molecule has 0 aliphatic carbocycles. The van der Waals surface area contributed by atoms with Crippen LogP contribution in [0.3, 0.4) is 0 Å². The third-order valence-electron chi connectivity index (χ3n) is 4.35. The van der Waals surface area contributed by atoms with Gasteiger partial charge >= 0.3 is 0 Å². The standard InChI is InChI=1S/C20H25N5.HI/c1-14-8-9-17(15(2)10-14)11-22-20(21-4)23-12-18-13-25-16(3)6-5-7-19(25)24-18;/h5-10,13H,11-12H2,1-4H3,(H2,21,22,23);1H. The molecule has 0 spiro atoms. The molecular formula is C20H26IN5. The Kier molecular flexibility index (Phi) is 7.02.